The van der Waals surface area contributed by atoms with Gasteiger partial charge in [-0.3, -0.25) is 14.5 Å². The first-order valence-corrected chi connectivity index (χ1v) is 12.1. The monoisotopic (exact) mass is 449 g/mol. The zero-order valence-electron chi connectivity index (χ0n) is 19.3. The van der Waals surface area contributed by atoms with Crippen LogP contribution in [0.3, 0.4) is 0 Å². The third-order valence-corrected chi connectivity index (χ3v) is 6.80. The first-order valence-electron chi connectivity index (χ1n) is 12.1. The van der Waals surface area contributed by atoms with E-state index in [-0.39, 0.29) is 23.8 Å². The summed E-state index contributed by atoms with van der Waals surface area (Å²) in [5.74, 6) is -0.0205. The maximum absolute atomic E-state index is 12.8. The van der Waals surface area contributed by atoms with Crippen molar-refractivity contribution in [2.45, 2.75) is 51.3 Å². The number of nitrogens with one attached hydrogen (secondary N) is 1. The highest BCUT2D eigenvalue weighted by Gasteiger charge is 2.28. The van der Waals surface area contributed by atoms with Gasteiger partial charge in [-0.05, 0) is 42.4 Å². The molecule has 0 saturated carbocycles. The smallest absolute Gasteiger partial charge is 0.227 e. The number of nitrogens with zero attached hydrogens (tertiary/aromatic N) is 2. The Labute approximate surface area is 196 Å². The van der Waals surface area contributed by atoms with E-state index >= 15 is 0 Å². The number of likely N-dealkylation sites (tertiary alicyclic amines) is 2. The molecule has 2 aromatic carbocycles. The van der Waals surface area contributed by atoms with Crippen LogP contribution >= 0.6 is 0 Å². The third-order valence-electron chi connectivity index (χ3n) is 6.80. The zero-order chi connectivity index (χ0) is 23.0. The molecule has 4 rings (SSSR count). The van der Waals surface area contributed by atoms with E-state index in [4.69, 9.17) is 0 Å². The molecule has 2 aliphatic heterocycles. The Kier molecular flexibility index (Phi) is 8.13. The molecule has 6 nitrogen and oxygen atoms in total. The number of aliphatic hydroxyl groups is 1. The second kappa shape index (κ2) is 11.4. The van der Waals surface area contributed by atoms with Crippen LogP contribution in [0.15, 0.2) is 54.6 Å². The number of aliphatic hydroxyl groups excluding tert-OH is 1. The fraction of sp³-hybridized carbons (Fsp3) is 0.481. The molecule has 1 unspecified atom stereocenters. The maximum atomic E-state index is 12.8. The quantitative estimate of drug-likeness (QED) is 0.682. The number of hydrogen-bond acceptors (Lipinski definition) is 4. The Balaban J connectivity index is 1.22. The molecule has 176 valence electrons. The Bertz CT molecular complexity index is 908. The standard InChI is InChI=1S/C27H35N3O3/c31-25-12-15-29(16-13-25)19-23-10-8-22(9-11-23)18-28-27(33)24-7-4-14-30(20-24)26(32)17-21-5-2-1-3-6-21/h1-3,5-6,8-11,24-25,31H,4,7,12-20H2,(H,28,33). The molecule has 2 saturated heterocycles. The van der Waals surface area contributed by atoms with Crippen LogP contribution in [-0.2, 0) is 29.1 Å². The Morgan fingerprint density at radius 1 is 0.879 bits per heavy atom. The molecule has 0 spiro atoms. The van der Waals surface area contributed by atoms with E-state index in [2.05, 4.69) is 34.5 Å². The lowest BCUT2D eigenvalue weighted by molar-refractivity contribution is -0.135. The van der Waals surface area contributed by atoms with Crippen molar-refractivity contribution in [1.29, 1.82) is 0 Å². The van der Waals surface area contributed by atoms with Gasteiger partial charge in [0.15, 0.2) is 0 Å². The normalized spacial score (nSPS) is 19.9. The lowest BCUT2D eigenvalue weighted by Crippen LogP contribution is -2.45. The minimum absolute atomic E-state index is 0.0307. The first kappa shape index (κ1) is 23.5. The molecule has 0 aromatic heterocycles. The van der Waals surface area contributed by atoms with Crippen molar-refractivity contribution >= 4 is 11.8 Å². The van der Waals surface area contributed by atoms with Crippen molar-refractivity contribution < 1.29 is 14.7 Å². The summed E-state index contributed by atoms with van der Waals surface area (Å²) >= 11 is 0. The molecule has 33 heavy (non-hydrogen) atoms. The summed E-state index contributed by atoms with van der Waals surface area (Å²) in [6, 6.07) is 18.2. The average Bonchev–Trinajstić information content (AvgIpc) is 2.85. The van der Waals surface area contributed by atoms with Crippen LogP contribution in [0.4, 0.5) is 0 Å². The lowest BCUT2D eigenvalue weighted by atomic mass is 9.96. The lowest BCUT2D eigenvalue weighted by Gasteiger charge is -2.32. The van der Waals surface area contributed by atoms with E-state index in [1.807, 2.05) is 35.2 Å². The van der Waals surface area contributed by atoms with Gasteiger partial charge in [0.2, 0.25) is 11.8 Å². The van der Waals surface area contributed by atoms with Crippen LogP contribution < -0.4 is 5.32 Å². The summed E-state index contributed by atoms with van der Waals surface area (Å²) in [6.07, 6.45) is 3.62. The molecule has 6 heteroatoms. The van der Waals surface area contributed by atoms with Crippen LogP contribution in [0.5, 0.6) is 0 Å². The summed E-state index contributed by atoms with van der Waals surface area (Å²) < 4.78 is 0. The molecule has 2 amide bonds. The van der Waals surface area contributed by atoms with Gasteiger partial charge in [-0.25, -0.2) is 0 Å². The molecular formula is C27H35N3O3. The van der Waals surface area contributed by atoms with Gasteiger partial charge in [0.1, 0.15) is 0 Å². The van der Waals surface area contributed by atoms with Crippen molar-refractivity contribution in [2.75, 3.05) is 26.2 Å². The molecule has 2 aromatic rings. The topological polar surface area (TPSA) is 72.9 Å². The Hall–Kier alpha value is -2.70. The fourth-order valence-corrected chi connectivity index (χ4v) is 4.73. The van der Waals surface area contributed by atoms with Gasteiger partial charge >= 0.3 is 0 Å². The SMILES string of the molecule is O=C(NCc1ccc(CN2CCC(O)CC2)cc1)C1CCCN(C(=O)Cc2ccccc2)C1. The third kappa shape index (κ3) is 6.89. The predicted molar refractivity (Wildman–Crippen MR) is 128 cm³/mol. The summed E-state index contributed by atoms with van der Waals surface area (Å²) in [5, 5.41) is 12.7. The predicted octanol–water partition coefficient (Wildman–Crippen LogP) is 2.74. The first-order chi connectivity index (χ1) is 16.1. The van der Waals surface area contributed by atoms with Crippen molar-refractivity contribution in [3.8, 4) is 0 Å². The number of hydrogen-bond donors (Lipinski definition) is 2. The van der Waals surface area contributed by atoms with Gasteiger partial charge in [-0.15, -0.1) is 0 Å². The molecule has 2 fully saturated rings. The molecule has 0 bridgehead atoms. The fourth-order valence-electron chi connectivity index (χ4n) is 4.73. The van der Waals surface area contributed by atoms with Gasteiger partial charge < -0.3 is 15.3 Å². The van der Waals surface area contributed by atoms with Gasteiger partial charge in [0, 0.05) is 39.3 Å². The van der Waals surface area contributed by atoms with Gasteiger partial charge in [-0.1, -0.05) is 54.6 Å². The largest absolute Gasteiger partial charge is 0.393 e. The van der Waals surface area contributed by atoms with Gasteiger partial charge in [0.05, 0.1) is 18.4 Å². The van der Waals surface area contributed by atoms with E-state index in [0.29, 0.717) is 19.5 Å². The zero-order valence-corrected chi connectivity index (χ0v) is 19.3. The van der Waals surface area contributed by atoms with E-state index < -0.39 is 0 Å². The molecule has 1 atom stereocenters. The second-order valence-corrected chi connectivity index (χ2v) is 9.38. The molecule has 2 N–H and O–H groups in total. The summed E-state index contributed by atoms with van der Waals surface area (Å²) in [5.41, 5.74) is 3.34. The van der Waals surface area contributed by atoms with Crippen molar-refractivity contribution in [1.82, 2.24) is 15.1 Å². The molecular weight excluding hydrogens is 414 g/mol. The average molecular weight is 450 g/mol. The highest BCUT2D eigenvalue weighted by molar-refractivity contribution is 5.82. The van der Waals surface area contributed by atoms with Crippen LogP contribution in [0, 0.1) is 5.92 Å². The summed E-state index contributed by atoms with van der Waals surface area (Å²) in [4.78, 5) is 29.7. The van der Waals surface area contributed by atoms with Crippen LogP contribution in [0.25, 0.3) is 0 Å². The van der Waals surface area contributed by atoms with Crippen molar-refractivity contribution in [3.05, 3.63) is 71.3 Å². The van der Waals surface area contributed by atoms with E-state index in [1.165, 1.54) is 5.56 Å². The minimum atomic E-state index is -0.148. The van der Waals surface area contributed by atoms with E-state index in [9.17, 15) is 14.7 Å². The van der Waals surface area contributed by atoms with E-state index in [0.717, 1.165) is 63.0 Å². The maximum Gasteiger partial charge on any atom is 0.227 e. The molecule has 0 radical (unpaired) electrons. The highest BCUT2D eigenvalue weighted by atomic mass is 16.3. The minimum Gasteiger partial charge on any atom is -0.393 e. The Morgan fingerprint density at radius 2 is 1.58 bits per heavy atom. The van der Waals surface area contributed by atoms with Gasteiger partial charge in [-0.2, -0.15) is 0 Å². The molecule has 2 heterocycles. The van der Waals surface area contributed by atoms with Crippen LogP contribution in [0.1, 0.15) is 42.4 Å². The molecule has 2 aliphatic rings. The van der Waals surface area contributed by atoms with E-state index in [1.54, 1.807) is 0 Å². The van der Waals surface area contributed by atoms with Gasteiger partial charge in [0.25, 0.3) is 0 Å². The van der Waals surface area contributed by atoms with Crippen molar-refractivity contribution in [3.63, 3.8) is 0 Å². The second-order valence-electron chi connectivity index (χ2n) is 9.38. The number of carbonyl (C=O) groups is 2. The highest BCUT2D eigenvalue weighted by Crippen LogP contribution is 2.19. The van der Waals surface area contributed by atoms with Crippen LogP contribution in [-0.4, -0.2) is 59.0 Å². The summed E-state index contributed by atoms with van der Waals surface area (Å²) in [7, 11) is 0. The number of carbonyl (C=O) groups excluding carboxylic acids is 2. The van der Waals surface area contributed by atoms with Crippen molar-refractivity contribution in [2.24, 2.45) is 5.92 Å². The number of benzene rings is 2. The summed E-state index contributed by atoms with van der Waals surface area (Å²) in [6.45, 7) is 4.50. The van der Waals surface area contributed by atoms with Crippen LogP contribution in [0.2, 0.25) is 0 Å². The molecule has 0 aliphatic carbocycles. The number of piperidine rings is 2. The Morgan fingerprint density at radius 3 is 2.30 bits per heavy atom. The number of amides is 2. The number of rotatable bonds is 7.